The lowest BCUT2D eigenvalue weighted by molar-refractivity contribution is -0.120. The normalized spacial score (nSPS) is 21.6. The Bertz CT molecular complexity index is 2110. The second-order valence-corrected chi connectivity index (χ2v) is 16.2. The van der Waals surface area contributed by atoms with Crippen LogP contribution in [0.3, 0.4) is 0 Å². The van der Waals surface area contributed by atoms with E-state index >= 15 is 0 Å². The van der Waals surface area contributed by atoms with Gasteiger partial charge in [-0.15, -0.1) is 0 Å². The largest absolute Gasteiger partial charge is 0.372 e. The lowest BCUT2D eigenvalue weighted by Gasteiger charge is -2.40. The van der Waals surface area contributed by atoms with E-state index in [4.69, 9.17) is 9.97 Å². The van der Waals surface area contributed by atoms with Crippen LogP contribution in [-0.4, -0.2) is 144 Å². The molecule has 9 rings (SSSR count). The van der Waals surface area contributed by atoms with Crippen LogP contribution >= 0.6 is 0 Å². The van der Waals surface area contributed by atoms with E-state index in [2.05, 4.69) is 76.6 Å². The zero-order valence-electron chi connectivity index (χ0n) is 33.0. The highest BCUT2D eigenvalue weighted by atomic mass is 16.2. The number of piperidine rings is 2. The number of piperazine rings is 1. The number of imide groups is 1. The molecule has 7 heterocycles. The summed E-state index contributed by atoms with van der Waals surface area (Å²) in [5.41, 5.74) is 6.67. The van der Waals surface area contributed by atoms with Crippen molar-refractivity contribution in [3.8, 4) is 0 Å². The minimum absolute atomic E-state index is 0.107. The fourth-order valence-corrected chi connectivity index (χ4v) is 9.20. The highest BCUT2D eigenvalue weighted by Crippen LogP contribution is 2.32. The third-order valence-electron chi connectivity index (χ3n) is 12.5. The quantitative estimate of drug-likeness (QED) is 0.224. The number of aromatic nitrogens is 4. The number of aromatic amines is 1. The summed E-state index contributed by atoms with van der Waals surface area (Å²) in [5, 5.41) is 5.96. The third-order valence-corrected chi connectivity index (χ3v) is 12.5. The van der Waals surface area contributed by atoms with Gasteiger partial charge in [-0.2, -0.15) is 9.97 Å². The molecule has 5 aliphatic rings. The van der Waals surface area contributed by atoms with Gasteiger partial charge in [-0.1, -0.05) is 0 Å². The molecule has 0 spiro atoms. The summed E-state index contributed by atoms with van der Waals surface area (Å²) in [6.45, 7) is 12.8. The highest BCUT2D eigenvalue weighted by molar-refractivity contribution is 6.06. The lowest BCUT2D eigenvalue weighted by Crippen LogP contribution is -2.49. The van der Waals surface area contributed by atoms with Gasteiger partial charge in [0.15, 0.2) is 11.5 Å². The number of aryl methyl sites for hydroxylation is 1. The predicted molar refractivity (Wildman–Crippen MR) is 222 cm³/mol. The first-order valence-electron chi connectivity index (χ1n) is 20.5. The Morgan fingerprint density at radius 3 is 2.32 bits per heavy atom. The number of urea groups is 2. The maximum absolute atomic E-state index is 12.7. The summed E-state index contributed by atoms with van der Waals surface area (Å²) in [4.78, 5) is 69.4. The van der Waals surface area contributed by atoms with Crippen LogP contribution in [0, 0.1) is 12.8 Å². The Hall–Kier alpha value is -5.64. The number of carbonyl (C=O) groups excluding carboxylic acids is 3. The molecule has 57 heavy (non-hydrogen) atoms. The van der Waals surface area contributed by atoms with E-state index in [1.807, 2.05) is 24.9 Å². The molecule has 0 bridgehead atoms. The predicted octanol–water partition coefficient (Wildman–Crippen LogP) is 4.23. The Balaban J connectivity index is 0.758. The van der Waals surface area contributed by atoms with Crippen LogP contribution in [0.15, 0.2) is 48.8 Å². The molecule has 1 atom stereocenters. The number of hydrogen-bond acceptors (Lipinski definition) is 11. The number of fused-ring (bicyclic) bond motifs is 1. The SMILES string of the molecule is Cc1cc(N2CCC(CN3CCN(c4ccc(Nc5nc(N6CCC[C@@H](N7CCN(C)C7=O)C6)nc6nc[nH]c56)cc4)CC3)CC2)ccc1N1CCC(=O)NC1=O. The molecule has 5 fully saturated rings. The summed E-state index contributed by atoms with van der Waals surface area (Å²) < 4.78 is 0. The first-order chi connectivity index (χ1) is 27.8. The summed E-state index contributed by atoms with van der Waals surface area (Å²) >= 11 is 0. The van der Waals surface area contributed by atoms with Gasteiger partial charge in [-0.05, 0) is 86.6 Å². The van der Waals surface area contributed by atoms with Crippen LogP contribution in [0.25, 0.3) is 11.2 Å². The molecular formula is C41H53N13O3. The van der Waals surface area contributed by atoms with E-state index in [1.165, 1.54) is 24.2 Å². The molecule has 5 aliphatic heterocycles. The molecule has 2 aromatic heterocycles. The van der Waals surface area contributed by atoms with Crippen LogP contribution < -0.4 is 30.2 Å². The molecule has 3 N–H and O–H groups in total. The van der Waals surface area contributed by atoms with Crippen LogP contribution in [-0.2, 0) is 4.79 Å². The monoisotopic (exact) mass is 775 g/mol. The van der Waals surface area contributed by atoms with Crippen LogP contribution in [0.4, 0.5) is 44.1 Å². The smallest absolute Gasteiger partial charge is 0.328 e. The summed E-state index contributed by atoms with van der Waals surface area (Å²) in [6, 6.07) is 14.8. The van der Waals surface area contributed by atoms with Gasteiger partial charge in [-0.3, -0.25) is 19.9 Å². The van der Waals surface area contributed by atoms with Gasteiger partial charge >= 0.3 is 12.1 Å². The second kappa shape index (κ2) is 15.7. The number of benzene rings is 2. The molecule has 2 aromatic carbocycles. The Morgan fingerprint density at radius 2 is 1.58 bits per heavy atom. The summed E-state index contributed by atoms with van der Waals surface area (Å²) in [7, 11) is 1.87. The summed E-state index contributed by atoms with van der Waals surface area (Å²) in [5.74, 6) is 1.80. The van der Waals surface area contributed by atoms with Crippen molar-refractivity contribution < 1.29 is 14.4 Å². The lowest BCUT2D eigenvalue weighted by atomic mass is 9.95. The number of carbonyl (C=O) groups is 3. The average molecular weight is 776 g/mol. The van der Waals surface area contributed by atoms with E-state index in [0.29, 0.717) is 42.8 Å². The van der Waals surface area contributed by atoms with Crippen LogP contribution in [0.2, 0.25) is 0 Å². The number of nitrogens with one attached hydrogen (secondary N) is 3. The summed E-state index contributed by atoms with van der Waals surface area (Å²) in [6.07, 6.45) is 6.28. The molecule has 0 aliphatic carbocycles. The number of imidazole rings is 1. The van der Waals surface area contributed by atoms with Gasteiger partial charge < -0.3 is 34.8 Å². The van der Waals surface area contributed by atoms with Crippen molar-refractivity contribution >= 4 is 63.6 Å². The topological polar surface area (TPSA) is 152 Å². The zero-order chi connectivity index (χ0) is 39.0. The molecular weight excluding hydrogens is 723 g/mol. The van der Waals surface area contributed by atoms with Gasteiger partial charge in [0, 0.05) is 115 Å². The van der Waals surface area contributed by atoms with E-state index in [9.17, 15) is 14.4 Å². The molecule has 4 aromatic rings. The Kier molecular flexibility index (Phi) is 10.2. The number of rotatable bonds is 9. The van der Waals surface area contributed by atoms with Crippen molar-refractivity contribution in [1.29, 1.82) is 0 Å². The minimum atomic E-state index is -0.339. The maximum atomic E-state index is 12.7. The van der Waals surface area contributed by atoms with Gasteiger partial charge in [0.2, 0.25) is 11.9 Å². The van der Waals surface area contributed by atoms with Crippen molar-refractivity contribution in [2.75, 3.05) is 111 Å². The second-order valence-electron chi connectivity index (χ2n) is 16.2. The number of anilines is 6. The molecule has 0 saturated carbocycles. The molecule has 16 heteroatoms. The van der Waals surface area contributed by atoms with Gasteiger partial charge in [0.1, 0.15) is 5.52 Å². The van der Waals surface area contributed by atoms with E-state index in [0.717, 1.165) is 101 Å². The molecule has 300 valence electrons. The molecule has 5 amide bonds. The molecule has 0 unspecified atom stereocenters. The number of H-pyrrole nitrogens is 1. The third kappa shape index (κ3) is 7.74. The van der Waals surface area contributed by atoms with Crippen LogP contribution in [0.5, 0.6) is 0 Å². The number of nitrogens with zero attached hydrogens (tertiary/aromatic N) is 10. The average Bonchev–Trinajstić information content (AvgIpc) is 3.85. The highest BCUT2D eigenvalue weighted by Gasteiger charge is 2.35. The Morgan fingerprint density at radius 1 is 0.807 bits per heavy atom. The first-order valence-corrected chi connectivity index (χ1v) is 20.5. The van der Waals surface area contributed by atoms with Gasteiger partial charge in [-0.25, -0.2) is 14.6 Å². The zero-order valence-corrected chi connectivity index (χ0v) is 33.0. The number of likely N-dealkylation sites (N-methyl/N-ethyl adjacent to an activating group) is 1. The molecule has 16 nitrogen and oxygen atoms in total. The van der Waals surface area contributed by atoms with Crippen molar-refractivity contribution in [1.82, 2.24) is 40.0 Å². The molecule has 5 saturated heterocycles. The van der Waals surface area contributed by atoms with Crippen molar-refractivity contribution in [3.05, 3.63) is 54.4 Å². The Labute approximate surface area is 333 Å². The van der Waals surface area contributed by atoms with Gasteiger partial charge in [0.05, 0.1) is 12.4 Å². The van der Waals surface area contributed by atoms with Crippen molar-refractivity contribution in [3.63, 3.8) is 0 Å². The van der Waals surface area contributed by atoms with Crippen molar-refractivity contribution in [2.45, 2.75) is 45.1 Å². The van der Waals surface area contributed by atoms with E-state index in [1.54, 1.807) is 16.1 Å². The standard InChI is InChI=1S/C41H53N13O3/c1-28-24-32(9-10-34(28)54-17-13-35(55)45-40(54)56)50-15-11-29(12-16-50)25-49-19-21-51(22-20-49)31-7-5-30(6-8-31)44-38-36-37(43-27-42-36)46-39(47-38)52-14-3-4-33(26-52)53-23-18-48(2)41(53)57/h5-10,24,27,29,33H,3-4,11-23,25-26H2,1-2H3,(H,45,55,56)(H2,42,43,44,46,47)/t33-/m1/s1. The van der Waals surface area contributed by atoms with Crippen LogP contribution in [0.1, 0.15) is 37.7 Å². The maximum Gasteiger partial charge on any atom is 0.328 e. The first kappa shape index (κ1) is 37.0. The van der Waals surface area contributed by atoms with E-state index < -0.39 is 0 Å². The number of amides is 5. The fraction of sp³-hybridized carbons (Fsp3) is 0.512. The van der Waals surface area contributed by atoms with Crippen molar-refractivity contribution in [2.24, 2.45) is 5.92 Å². The van der Waals surface area contributed by atoms with E-state index in [-0.39, 0.29) is 24.0 Å². The van der Waals surface area contributed by atoms with Gasteiger partial charge in [0.25, 0.3) is 0 Å². The number of hydrogen-bond donors (Lipinski definition) is 3. The fourth-order valence-electron chi connectivity index (χ4n) is 9.20. The minimum Gasteiger partial charge on any atom is -0.372 e. The molecule has 0 radical (unpaired) electrons.